The highest BCUT2D eigenvalue weighted by atomic mass is 32.2. The van der Waals surface area contributed by atoms with Crippen LogP contribution in [-0.4, -0.2) is 62.6 Å². The molecule has 0 radical (unpaired) electrons. The lowest BCUT2D eigenvalue weighted by molar-refractivity contribution is -0.112. The van der Waals surface area contributed by atoms with E-state index in [1.54, 1.807) is 24.3 Å². The maximum absolute atomic E-state index is 12.4. The SMILES string of the molecule is COc1cc(OC)c(C=CNS(=O)(=O)CC(=O)C=Cc2c(OC)cc(OC)cc2OC)c(OC)c1. The molecule has 0 aliphatic carbocycles. The zero-order valence-electron chi connectivity index (χ0n) is 20.4. The van der Waals surface area contributed by atoms with Gasteiger partial charge in [0.2, 0.25) is 10.0 Å². The maximum atomic E-state index is 12.4. The lowest BCUT2D eigenvalue weighted by Gasteiger charge is -2.12. The van der Waals surface area contributed by atoms with Gasteiger partial charge in [0, 0.05) is 30.5 Å². The first kappa shape index (κ1) is 27.4. The highest BCUT2D eigenvalue weighted by Gasteiger charge is 2.16. The molecular weight excluding hydrogens is 478 g/mol. The number of ketones is 1. The molecule has 190 valence electrons. The van der Waals surface area contributed by atoms with Crippen LogP contribution in [0.5, 0.6) is 34.5 Å². The molecule has 0 aliphatic rings. The second kappa shape index (κ2) is 12.6. The quantitative estimate of drug-likeness (QED) is 0.408. The van der Waals surface area contributed by atoms with E-state index in [0.29, 0.717) is 45.6 Å². The van der Waals surface area contributed by atoms with Crippen molar-refractivity contribution in [1.29, 1.82) is 0 Å². The molecule has 0 heterocycles. The Morgan fingerprint density at radius 1 is 0.714 bits per heavy atom. The Bertz CT molecular complexity index is 1150. The van der Waals surface area contributed by atoms with Gasteiger partial charge < -0.3 is 28.4 Å². The van der Waals surface area contributed by atoms with E-state index in [1.807, 2.05) is 0 Å². The van der Waals surface area contributed by atoms with Gasteiger partial charge in [0.1, 0.15) is 40.2 Å². The summed E-state index contributed by atoms with van der Waals surface area (Å²) in [5.41, 5.74) is 0.955. The number of hydrogen-bond acceptors (Lipinski definition) is 9. The predicted octanol–water partition coefficient (Wildman–Crippen LogP) is 2.91. The van der Waals surface area contributed by atoms with Crippen molar-refractivity contribution < 1.29 is 41.6 Å². The molecule has 0 amide bonds. The van der Waals surface area contributed by atoms with Crippen LogP contribution in [0.25, 0.3) is 12.2 Å². The fourth-order valence-electron chi connectivity index (χ4n) is 3.07. The second-order valence-electron chi connectivity index (χ2n) is 6.90. The number of methoxy groups -OCH3 is 6. The van der Waals surface area contributed by atoms with Crippen LogP contribution in [0.4, 0.5) is 0 Å². The predicted molar refractivity (Wildman–Crippen MR) is 132 cm³/mol. The van der Waals surface area contributed by atoms with Crippen LogP contribution in [0.15, 0.2) is 36.5 Å². The summed E-state index contributed by atoms with van der Waals surface area (Å²) < 4.78 is 58.8. The van der Waals surface area contributed by atoms with Crippen molar-refractivity contribution in [2.75, 3.05) is 48.4 Å². The minimum Gasteiger partial charge on any atom is -0.496 e. The topological polar surface area (TPSA) is 119 Å². The maximum Gasteiger partial charge on any atom is 0.239 e. The summed E-state index contributed by atoms with van der Waals surface area (Å²) >= 11 is 0. The van der Waals surface area contributed by atoms with Crippen LogP contribution >= 0.6 is 0 Å². The van der Waals surface area contributed by atoms with E-state index in [0.717, 1.165) is 6.08 Å². The Morgan fingerprint density at radius 3 is 1.49 bits per heavy atom. The molecule has 2 aromatic rings. The molecule has 0 aromatic heterocycles. The fraction of sp³-hybridized carbons (Fsp3) is 0.292. The molecule has 10 nitrogen and oxygen atoms in total. The van der Waals surface area contributed by atoms with Crippen LogP contribution in [0, 0.1) is 0 Å². The highest BCUT2D eigenvalue weighted by Crippen LogP contribution is 2.36. The van der Waals surface area contributed by atoms with Gasteiger partial charge in [0.25, 0.3) is 0 Å². The second-order valence-corrected chi connectivity index (χ2v) is 8.65. The van der Waals surface area contributed by atoms with Gasteiger partial charge in [-0.3, -0.25) is 9.52 Å². The highest BCUT2D eigenvalue weighted by molar-refractivity contribution is 7.90. The molecule has 2 rings (SSSR count). The first-order chi connectivity index (χ1) is 16.7. The number of sulfonamides is 1. The van der Waals surface area contributed by atoms with Crippen molar-refractivity contribution in [3.63, 3.8) is 0 Å². The molecule has 0 saturated heterocycles. The molecule has 0 unspecified atom stereocenters. The van der Waals surface area contributed by atoms with Gasteiger partial charge >= 0.3 is 0 Å². The van der Waals surface area contributed by atoms with Crippen LogP contribution < -0.4 is 33.1 Å². The Labute approximate surface area is 205 Å². The Morgan fingerprint density at radius 2 is 1.11 bits per heavy atom. The van der Waals surface area contributed by atoms with Crippen LogP contribution in [0.3, 0.4) is 0 Å². The molecule has 0 spiro atoms. The van der Waals surface area contributed by atoms with E-state index in [-0.39, 0.29) is 0 Å². The first-order valence-corrected chi connectivity index (χ1v) is 11.8. The van der Waals surface area contributed by atoms with Crippen molar-refractivity contribution in [3.05, 3.63) is 47.7 Å². The minimum absolute atomic E-state index is 0.400. The van der Waals surface area contributed by atoms with Crippen molar-refractivity contribution >= 4 is 28.0 Å². The molecule has 0 atom stereocenters. The Kier molecular flexibility index (Phi) is 9.83. The van der Waals surface area contributed by atoms with E-state index in [4.69, 9.17) is 28.4 Å². The van der Waals surface area contributed by atoms with Crippen molar-refractivity contribution in [2.45, 2.75) is 0 Å². The lowest BCUT2D eigenvalue weighted by Crippen LogP contribution is -2.25. The van der Waals surface area contributed by atoms with Gasteiger partial charge in [0.05, 0.1) is 53.8 Å². The summed E-state index contributed by atoms with van der Waals surface area (Å²) in [6, 6.07) is 6.51. The van der Waals surface area contributed by atoms with Gasteiger partial charge in [-0.25, -0.2) is 8.42 Å². The van der Waals surface area contributed by atoms with Gasteiger partial charge in [-0.1, -0.05) is 0 Å². The van der Waals surface area contributed by atoms with E-state index in [1.165, 1.54) is 61.0 Å². The zero-order chi connectivity index (χ0) is 26.0. The molecule has 0 bridgehead atoms. The number of rotatable bonds is 13. The normalized spacial score (nSPS) is 11.4. The van der Waals surface area contributed by atoms with Gasteiger partial charge in [-0.15, -0.1) is 0 Å². The number of carbonyl (C=O) groups excluding carboxylic acids is 1. The molecule has 11 heteroatoms. The number of hydrogen-bond donors (Lipinski definition) is 1. The summed E-state index contributed by atoms with van der Waals surface area (Å²) in [7, 11) is 4.88. The fourth-order valence-corrected chi connectivity index (χ4v) is 3.90. The monoisotopic (exact) mass is 507 g/mol. The Hall–Kier alpha value is -3.86. The van der Waals surface area contributed by atoms with Gasteiger partial charge in [-0.2, -0.15) is 0 Å². The van der Waals surface area contributed by atoms with Crippen molar-refractivity contribution in [1.82, 2.24) is 4.72 Å². The third kappa shape index (κ3) is 7.31. The van der Waals surface area contributed by atoms with Crippen molar-refractivity contribution in [2.24, 2.45) is 0 Å². The Balaban J connectivity index is 2.16. The van der Waals surface area contributed by atoms with Gasteiger partial charge in [-0.05, 0) is 18.2 Å². The molecule has 2 aromatic carbocycles. The minimum atomic E-state index is -3.98. The molecular formula is C24H29NO9S. The standard InChI is InChI=1S/C24H29NO9S/c1-29-17-11-21(31-3)19(22(12-17)32-4)8-7-16(26)15-35(27,28)25-10-9-20-23(33-5)13-18(30-2)14-24(20)34-6/h7-14,25H,15H2,1-6H3. The van der Waals surface area contributed by atoms with E-state index in [2.05, 4.69) is 4.72 Å². The first-order valence-electron chi connectivity index (χ1n) is 10.2. The average molecular weight is 508 g/mol. The molecule has 0 aliphatic heterocycles. The molecule has 0 saturated carbocycles. The van der Waals surface area contributed by atoms with Crippen LogP contribution in [-0.2, 0) is 14.8 Å². The molecule has 0 fully saturated rings. The number of carbonyl (C=O) groups is 1. The van der Waals surface area contributed by atoms with Gasteiger partial charge in [0.15, 0.2) is 5.78 Å². The summed E-state index contributed by atoms with van der Waals surface area (Å²) in [5.74, 6) is 1.23. The number of nitrogens with one attached hydrogen (secondary N) is 1. The molecule has 35 heavy (non-hydrogen) atoms. The average Bonchev–Trinajstić information content (AvgIpc) is 2.86. The smallest absolute Gasteiger partial charge is 0.239 e. The lowest BCUT2D eigenvalue weighted by atomic mass is 10.1. The third-order valence-electron chi connectivity index (χ3n) is 4.77. The summed E-state index contributed by atoms with van der Waals surface area (Å²) in [6.45, 7) is 0. The molecule has 1 N–H and O–H groups in total. The zero-order valence-corrected chi connectivity index (χ0v) is 21.2. The third-order valence-corrected chi connectivity index (χ3v) is 5.93. The number of ether oxygens (including phenoxy) is 6. The van der Waals surface area contributed by atoms with Crippen LogP contribution in [0.1, 0.15) is 11.1 Å². The van der Waals surface area contributed by atoms with Crippen molar-refractivity contribution in [3.8, 4) is 34.5 Å². The summed E-state index contributed by atoms with van der Waals surface area (Å²) in [6.07, 6.45) is 5.22. The number of benzene rings is 2. The van der Waals surface area contributed by atoms with Crippen LogP contribution in [0.2, 0.25) is 0 Å². The summed E-state index contributed by atoms with van der Waals surface area (Å²) in [5, 5.41) is 0. The summed E-state index contributed by atoms with van der Waals surface area (Å²) in [4.78, 5) is 12.4. The van der Waals surface area contributed by atoms with E-state index >= 15 is 0 Å². The number of allylic oxidation sites excluding steroid dienone is 1. The van der Waals surface area contributed by atoms with E-state index in [9.17, 15) is 13.2 Å². The largest absolute Gasteiger partial charge is 0.496 e. The van der Waals surface area contributed by atoms with E-state index < -0.39 is 21.6 Å².